The summed E-state index contributed by atoms with van der Waals surface area (Å²) in [5.74, 6) is -0.764. The first-order valence-corrected chi connectivity index (χ1v) is 16.4. The number of amides is 1. The van der Waals surface area contributed by atoms with Crippen molar-refractivity contribution in [2.24, 2.45) is 0 Å². The zero-order valence-corrected chi connectivity index (χ0v) is 25.3. The quantitative estimate of drug-likeness (QED) is 0.181. The highest BCUT2D eigenvalue weighted by Crippen LogP contribution is 2.35. The number of halogens is 1. The van der Waals surface area contributed by atoms with Crippen LogP contribution >= 0.6 is 0 Å². The Morgan fingerprint density at radius 1 is 0.870 bits per heavy atom. The Morgan fingerprint density at radius 2 is 1.70 bits per heavy atom. The third-order valence-electron chi connectivity index (χ3n) is 7.61. The van der Waals surface area contributed by atoms with Crippen LogP contribution in [0, 0.1) is 5.82 Å². The molecule has 12 heteroatoms. The van der Waals surface area contributed by atoms with Gasteiger partial charge in [0.1, 0.15) is 21.3 Å². The van der Waals surface area contributed by atoms with Crippen LogP contribution < -0.4 is 5.32 Å². The molecule has 7 aromatic rings. The molecule has 0 unspecified atom stereocenters. The van der Waals surface area contributed by atoms with Gasteiger partial charge < -0.3 is 10.3 Å². The fourth-order valence-corrected chi connectivity index (χ4v) is 5.99. The molecule has 0 saturated carbocycles. The van der Waals surface area contributed by atoms with Gasteiger partial charge in [-0.1, -0.05) is 24.3 Å². The number of carbonyl (C=O) groups is 1. The van der Waals surface area contributed by atoms with E-state index in [1.807, 2.05) is 24.3 Å². The molecule has 0 aliphatic heterocycles. The minimum Gasteiger partial charge on any atom is -0.352 e. The second kappa shape index (κ2) is 11.6. The third-order valence-corrected chi connectivity index (χ3v) is 8.55. The van der Waals surface area contributed by atoms with Gasteiger partial charge in [0.2, 0.25) is 0 Å². The summed E-state index contributed by atoms with van der Waals surface area (Å²) in [5, 5.41) is 12.1. The predicted octanol–water partition coefficient (Wildman–Crippen LogP) is 6.21. The summed E-state index contributed by atoms with van der Waals surface area (Å²) >= 11 is 0. The molecule has 0 radical (unpaired) electrons. The molecule has 46 heavy (non-hydrogen) atoms. The van der Waals surface area contributed by atoms with Crippen LogP contribution in [-0.2, 0) is 16.3 Å². The lowest BCUT2D eigenvalue weighted by Crippen LogP contribution is -2.11. The van der Waals surface area contributed by atoms with E-state index in [2.05, 4.69) is 35.5 Å². The number of H-pyrrole nitrogens is 2. The smallest absolute Gasteiger partial charge is 0.255 e. The molecule has 0 aliphatic rings. The van der Waals surface area contributed by atoms with Gasteiger partial charge in [-0.05, 0) is 60.0 Å². The van der Waals surface area contributed by atoms with Gasteiger partial charge in [0.15, 0.2) is 0 Å². The summed E-state index contributed by atoms with van der Waals surface area (Å²) in [5.41, 5.74) is 7.11. The number of nitrogens with zero attached hydrogens (tertiary/aromatic N) is 4. The minimum absolute atomic E-state index is 0.0710. The fourth-order valence-electron chi connectivity index (χ4n) is 5.38. The third kappa shape index (κ3) is 5.97. The molecule has 0 aliphatic carbocycles. The maximum absolute atomic E-state index is 14.7. The lowest BCUT2D eigenvalue weighted by Gasteiger charge is -2.07. The van der Waals surface area contributed by atoms with E-state index in [0.717, 1.165) is 28.1 Å². The lowest BCUT2D eigenvalue weighted by molar-refractivity contribution is 0.102. The number of rotatable bonds is 8. The lowest BCUT2D eigenvalue weighted by atomic mass is 10.0. The van der Waals surface area contributed by atoms with Crippen LogP contribution in [0.25, 0.3) is 55.6 Å². The van der Waals surface area contributed by atoms with E-state index >= 15 is 0 Å². The van der Waals surface area contributed by atoms with Gasteiger partial charge in [-0.15, -0.1) is 0 Å². The Hall–Kier alpha value is -5.75. The van der Waals surface area contributed by atoms with Crippen molar-refractivity contribution < 1.29 is 17.6 Å². The molecule has 7 rings (SSSR count). The number of carbonyl (C=O) groups excluding carboxylic acids is 1. The van der Waals surface area contributed by atoms with Crippen LogP contribution in [0.5, 0.6) is 0 Å². The number of aromatic amines is 2. The molecular weight excluding hydrogens is 605 g/mol. The second-order valence-corrected chi connectivity index (χ2v) is 13.3. The van der Waals surface area contributed by atoms with Gasteiger partial charge in [0, 0.05) is 46.1 Å². The average Bonchev–Trinajstić information content (AvgIpc) is 3.68. The van der Waals surface area contributed by atoms with E-state index in [9.17, 15) is 17.6 Å². The monoisotopic (exact) mass is 631 g/mol. The van der Waals surface area contributed by atoms with Crippen LogP contribution in [0.2, 0.25) is 0 Å². The number of benzene rings is 2. The molecule has 5 aromatic heterocycles. The number of hydrogen-bond acceptors (Lipinski definition) is 7. The molecular formula is C34H26FN7O3S. The van der Waals surface area contributed by atoms with Gasteiger partial charge in [0.25, 0.3) is 5.91 Å². The topological polar surface area (TPSA) is 146 Å². The van der Waals surface area contributed by atoms with Crippen molar-refractivity contribution >= 4 is 43.2 Å². The van der Waals surface area contributed by atoms with Crippen LogP contribution in [0.3, 0.4) is 0 Å². The second-order valence-electron chi connectivity index (χ2n) is 11.0. The van der Waals surface area contributed by atoms with Gasteiger partial charge in [0.05, 0.1) is 52.5 Å². The number of hydrogen-bond donors (Lipinski definition) is 3. The fraction of sp³-hybridized carbons (Fsp3) is 0.0882. The van der Waals surface area contributed by atoms with E-state index in [1.165, 1.54) is 12.1 Å². The summed E-state index contributed by atoms with van der Waals surface area (Å²) < 4.78 is 38.0. The van der Waals surface area contributed by atoms with Crippen LogP contribution in [0.15, 0.2) is 97.7 Å². The van der Waals surface area contributed by atoms with Crippen LogP contribution in [-0.4, -0.2) is 56.5 Å². The molecule has 0 atom stereocenters. The summed E-state index contributed by atoms with van der Waals surface area (Å²) in [4.78, 5) is 29.3. The van der Waals surface area contributed by atoms with Gasteiger partial charge in [-0.25, -0.2) is 12.8 Å². The van der Waals surface area contributed by atoms with Gasteiger partial charge in [-0.3, -0.25) is 24.8 Å². The standard InChI is InChI=1S/C34H26FN7O3S/c1-46(44,45)8-7-20-9-22(11-24(35)10-20)28-17-37-18-31-26(28)13-30(40-31)33-27-14-29(38-19-32(27)41-42-33)23-12-25(16-36-15-23)39-34(43)21-5-3-2-4-6-21/h2-6,9-19,40H,7-8H2,1H3,(H,39,43)(H,41,42). The zero-order chi connectivity index (χ0) is 31.8. The molecule has 5 heterocycles. The summed E-state index contributed by atoms with van der Waals surface area (Å²) in [6.07, 6.45) is 9.67. The Morgan fingerprint density at radius 3 is 2.52 bits per heavy atom. The van der Waals surface area contributed by atoms with Gasteiger partial charge in [-0.2, -0.15) is 5.10 Å². The summed E-state index contributed by atoms with van der Waals surface area (Å²) in [6.45, 7) is 0. The molecule has 228 valence electrons. The maximum Gasteiger partial charge on any atom is 0.255 e. The number of aryl methyl sites for hydroxylation is 1. The molecule has 1 amide bonds. The molecule has 0 bridgehead atoms. The minimum atomic E-state index is -3.20. The Balaban J connectivity index is 1.22. The first-order valence-electron chi connectivity index (χ1n) is 14.3. The number of pyridine rings is 3. The molecule has 0 saturated heterocycles. The molecule has 0 fully saturated rings. The van der Waals surface area contributed by atoms with Crippen LogP contribution in [0.4, 0.5) is 10.1 Å². The average molecular weight is 632 g/mol. The first kappa shape index (κ1) is 29.0. The molecule has 2 aromatic carbocycles. The highest BCUT2D eigenvalue weighted by molar-refractivity contribution is 7.90. The largest absolute Gasteiger partial charge is 0.352 e. The van der Waals surface area contributed by atoms with Crippen molar-refractivity contribution in [3.63, 3.8) is 0 Å². The number of aromatic nitrogens is 6. The zero-order valence-electron chi connectivity index (χ0n) is 24.5. The Labute approximate surface area is 262 Å². The highest BCUT2D eigenvalue weighted by Gasteiger charge is 2.17. The summed E-state index contributed by atoms with van der Waals surface area (Å²) in [6, 6.07) is 19.2. The van der Waals surface area contributed by atoms with E-state index in [0.29, 0.717) is 50.6 Å². The van der Waals surface area contributed by atoms with Crippen molar-refractivity contribution in [1.29, 1.82) is 0 Å². The predicted molar refractivity (Wildman–Crippen MR) is 175 cm³/mol. The van der Waals surface area contributed by atoms with E-state index in [-0.39, 0.29) is 18.1 Å². The highest BCUT2D eigenvalue weighted by atomic mass is 32.2. The maximum atomic E-state index is 14.7. The molecule has 0 spiro atoms. The Kier molecular flexibility index (Phi) is 7.33. The number of fused-ring (bicyclic) bond motifs is 2. The summed E-state index contributed by atoms with van der Waals surface area (Å²) in [7, 11) is -3.20. The van der Waals surface area contributed by atoms with Crippen molar-refractivity contribution in [3.05, 3.63) is 115 Å². The number of anilines is 1. The van der Waals surface area contributed by atoms with Crippen LogP contribution in [0.1, 0.15) is 15.9 Å². The Bertz CT molecular complexity index is 2370. The van der Waals surface area contributed by atoms with E-state index in [4.69, 9.17) is 0 Å². The number of sulfone groups is 1. The van der Waals surface area contributed by atoms with Crippen molar-refractivity contribution in [2.75, 3.05) is 17.3 Å². The molecule has 10 nitrogen and oxygen atoms in total. The van der Waals surface area contributed by atoms with Crippen molar-refractivity contribution in [3.8, 4) is 33.8 Å². The van der Waals surface area contributed by atoms with E-state index < -0.39 is 15.7 Å². The normalized spacial score (nSPS) is 11.7. The molecule has 3 N–H and O–H groups in total. The van der Waals surface area contributed by atoms with Gasteiger partial charge >= 0.3 is 0 Å². The van der Waals surface area contributed by atoms with Crippen molar-refractivity contribution in [1.82, 2.24) is 30.1 Å². The SMILES string of the molecule is CS(=O)(=O)CCc1cc(F)cc(-c2cncc3[nH]c(-c4n[nH]c5cnc(-c6cncc(NC(=O)c7ccccc7)c6)cc45)cc23)c1. The number of nitrogens with one attached hydrogen (secondary N) is 3. The van der Waals surface area contributed by atoms with E-state index in [1.54, 1.807) is 61.3 Å². The van der Waals surface area contributed by atoms with Crippen molar-refractivity contribution in [2.45, 2.75) is 6.42 Å². The first-order chi connectivity index (χ1) is 22.2.